The molecule has 3 heterocycles. The molecule has 0 unspecified atom stereocenters. The number of carbonyl (C=O) groups excluding carboxylic acids is 1. The van der Waals surface area contributed by atoms with Gasteiger partial charge in [-0.05, 0) is 56.0 Å². The molecule has 2 aromatic heterocycles. The molecule has 0 radical (unpaired) electrons. The molecule has 1 amide bonds. The van der Waals surface area contributed by atoms with Crippen LogP contribution in [0.2, 0.25) is 0 Å². The highest BCUT2D eigenvalue weighted by molar-refractivity contribution is 7.90. The average Bonchev–Trinajstić information content (AvgIpc) is 3.48. The quantitative estimate of drug-likeness (QED) is 0.513. The fourth-order valence-electron chi connectivity index (χ4n) is 4.57. The number of sulfonamides is 1. The van der Waals surface area contributed by atoms with Gasteiger partial charge in [-0.15, -0.1) is 11.3 Å². The maximum atomic E-state index is 14.4. The summed E-state index contributed by atoms with van der Waals surface area (Å²) in [6.45, 7) is 1.80. The maximum absolute atomic E-state index is 14.4. The number of benzene rings is 1. The Labute approximate surface area is 200 Å². The molecular weight excluding hydrogens is 477 g/mol. The van der Waals surface area contributed by atoms with Crippen molar-refractivity contribution in [2.75, 3.05) is 5.75 Å². The zero-order chi connectivity index (χ0) is 24.0. The molecular formula is C24H22FN3O4S2. The van der Waals surface area contributed by atoms with E-state index in [1.165, 1.54) is 11.3 Å². The second-order valence-corrected chi connectivity index (χ2v) is 11.8. The lowest BCUT2D eigenvalue weighted by Crippen LogP contribution is -2.28. The Hall–Kier alpha value is -3.03. The second-order valence-electron chi connectivity index (χ2n) is 8.64. The van der Waals surface area contributed by atoms with E-state index in [2.05, 4.69) is 11.1 Å². The number of amides is 1. The fraction of sp³-hybridized carbons (Fsp3) is 0.375. The smallest absolute Gasteiger partial charge is 0.238 e. The predicted octanol–water partition coefficient (Wildman–Crippen LogP) is 4.47. The summed E-state index contributed by atoms with van der Waals surface area (Å²) in [5, 5.41) is 9.55. The predicted molar refractivity (Wildman–Crippen MR) is 127 cm³/mol. The van der Waals surface area contributed by atoms with Gasteiger partial charge >= 0.3 is 0 Å². The number of hydrogen-bond acceptors (Lipinski definition) is 7. The molecule has 1 aliphatic carbocycles. The lowest BCUT2D eigenvalue weighted by molar-refractivity contribution is -0.125. The first kappa shape index (κ1) is 22.7. The van der Waals surface area contributed by atoms with E-state index in [4.69, 9.17) is 4.74 Å². The Kier molecular flexibility index (Phi) is 5.78. The number of thiophene rings is 1. The number of aromatic nitrogens is 1. The summed E-state index contributed by atoms with van der Waals surface area (Å²) in [4.78, 5) is 17.2. The number of pyridine rings is 1. The highest BCUT2D eigenvalue weighted by atomic mass is 32.2. The second kappa shape index (κ2) is 8.64. The third-order valence-corrected chi connectivity index (χ3v) is 9.15. The molecule has 0 N–H and O–H groups in total. The summed E-state index contributed by atoms with van der Waals surface area (Å²) in [6.07, 6.45) is 1.93. The summed E-state index contributed by atoms with van der Waals surface area (Å²) < 4.78 is 46.7. The minimum Gasteiger partial charge on any atom is -0.486 e. The van der Waals surface area contributed by atoms with Crippen molar-refractivity contribution in [1.82, 2.24) is 9.29 Å². The topological polar surface area (TPSA) is 100 Å². The van der Waals surface area contributed by atoms with Crippen LogP contribution in [0.4, 0.5) is 4.39 Å². The third kappa shape index (κ3) is 4.03. The number of alkyl halides is 1. The standard InChI is InChI=1S/C24H22FN3O4S2/c1-14-9-15(12-26)10-18(23(14)32-21-4-2-3-19(21)25)17-5-7-27-20-11-16(33-24(17)20)13-28-22(29)6-8-34(28,30)31/h5,7,9-11,19,21H,2-4,6,8,13H2,1H3/t19-,21+/m0/s1. The molecule has 2 atom stereocenters. The van der Waals surface area contributed by atoms with Gasteiger partial charge in [-0.1, -0.05) is 0 Å². The zero-order valence-electron chi connectivity index (χ0n) is 18.5. The summed E-state index contributed by atoms with van der Waals surface area (Å²) in [6, 6.07) is 9.21. The molecule has 0 spiro atoms. The lowest BCUT2D eigenvalue weighted by atomic mass is 9.99. The number of nitrogens with zero attached hydrogens (tertiary/aromatic N) is 3. The van der Waals surface area contributed by atoms with E-state index in [0.717, 1.165) is 26.6 Å². The van der Waals surface area contributed by atoms with Gasteiger partial charge in [-0.2, -0.15) is 5.26 Å². The van der Waals surface area contributed by atoms with Gasteiger partial charge in [0.05, 0.1) is 34.1 Å². The van der Waals surface area contributed by atoms with Gasteiger partial charge in [0.25, 0.3) is 0 Å². The molecule has 34 heavy (non-hydrogen) atoms. The van der Waals surface area contributed by atoms with Gasteiger partial charge < -0.3 is 4.74 Å². The number of carbonyl (C=O) groups is 1. The van der Waals surface area contributed by atoms with Crippen molar-refractivity contribution in [1.29, 1.82) is 5.26 Å². The number of aryl methyl sites for hydroxylation is 1. The van der Waals surface area contributed by atoms with Crippen LogP contribution in [-0.4, -0.2) is 41.6 Å². The van der Waals surface area contributed by atoms with Crippen LogP contribution in [0.25, 0.3) is 21.3 Å². The van der Waals surface area contributed by atoms with Crippen molar-refractivity contribution in [3.63, 3.8) is 0 Å². The van der Waals surface area contributed by atoms with Gasteiger partial charge in [-0.3, -0.25) is 9.78 Å². The monoisotopic (exact) mass is 499 g/mol. The number of fused-ring (bicyclic) bond motifs is 1. The SMILES string of the molecule is Cc1cc(C#N)cc(-c2ccnc3cc(CN4C(=O)CCS4(=O)=O)sc23)c1O[C@@H]1CCC[C@@H]1F. The van der Waals surface area contributed by atoms with Crippen LogP contribution >= 0.6 is 11.3 Å². The Morgan fingerprint density at radius 1 is 1.29 bits per heavy atom. The van der Waals surface area contributed by atoms with E-state index in [0.29, 0.717) is 40.1 Å². The number of ether oxygens (including phenoxy) is 1. The molecule has 0 bridgehead atoms. The van der Waals surface area contributed by atoms with Crippen LogP contribution in [0.5, 0.6) is 5.75 Å². The summed E-state index contributed by atoms with van der Waals surface area (Å²) >= 11 is 1.35. The molecule has 1 saturated carbocycles. The van der Waals surface area contributed by atoms with Gasteiger partial charge in [0.2, 0.25) is 15.9 Å². The van der Waals surface area contributed by atoms with Crippen molar-refractivity contribution in [3.8, 4) is 22.9 Å². The fourth-order valence-corrected chi connectivity index (χ4v) is 7.17. The Bertz CT molecular complexity index is 1440. The van der Waals surface area contributed by atoms with Crippen molar-refractivity contribution >= 4 is 37.5 Å². The molecule has 1 saturated heterocycles. The van der Waals surface area contributed by atoms with Crippen LogP contribution in [0, 0.1) is 18.3 Å². The minimum absolute atomic E-state index is 0.00557. The van der Waals surface area contributed by atoms with Gasteiger partial charge in [0, 0.05) is 28.6 Å². The largest absolute Gasteiger partial charge is 0.486 e. The zero-order valence-corrected chi connectivity index (χ0v) is 20.1. The number of hydrogen-bond donors (Lipinski definition) is 0. The minimum atomic E-state index is -3.60. The Morgan fingerprint density at radius 2 is 2.12 bits per heavy atom. The summed E-state index contributed by atoms with van der Waals surface area (Å²) in [5.41, 5.74) is 3.28. The molecule has 3 aromatic rings. The van der Waals surface area contributed by atoms with E-state index in [-0.39, 0.29) is 18.7 Å². The van der Waals surface area contributed by atoms with E-state index >= 15 is 0 Å². The third-order valence-electron chi connectivity index (χ3n) is 6.29. The Balaban J connectivity index is 1.60. The van der Waals surface area contributed by atoms with E-state index < -0.39 is 28.2 Å². The first-order valence-corrected chi connectivity index (χ1v) is 13.5. The molecule has 7 nitrogen and oxygen atoms in total. The first-order valence-electron chi connectivity index (χ1n) is 11.0. The van der Waals surface area contributed by atoms with Crippen molar-refractivity contribution in [3.05, 3.63) is 46.5 Å². The van der Waals surface area contributed by atoms with E-state index in [1.54, 1.807) is 24.4 Å². The highest BCUT2D eigenvalue weighted by Gasteiger charge is 2.35. The van der Waals surface area contributed by atoms with E-state index in [9.17, 15) is 22.9 Å². The van der Waals surface area contributed by atoms with Gasteiger partial charge in [-0.25, -0.2) is 17.1 Å². The maximum Gasteiger partial charge on any atom is 0.238 e. The number of rotatable bonds is 5. The average molecular weight is 500 g/mol. The van der Waals surface area contributed by atoms with Crippen molar-refractivity contribution < 1.29 is 22.3 Å². The van der Waals surface area contributed by atoms with Crippen LogP contribution in [-0.2, 0) is 21.4 Å². The van der Waals surface area contributed by atoms with Gasteiger partial charge in [0.15, 0.2) is 0 Å². The molecule has 5 rings (SSSR count). The number of halogens is 1. The highest BCUT2D eigenvalue weighted by Crippen LogP contribution is 2.42. The summed E-state index contributed by atoms with van der Waals surface area (Å²) in [7, 11) is -3.60. The molecule has 176 valence electrons. The van der Waals surface area contributed by atoms with Crippen LogP contribution < -0.4 is 4.74 Å². The summed E-state index contributed by atoms with van der Waals surface area (Å²) in [5.74, 6) is -0.0398. The number of nitriles is 1. The molecule has 1 aromatic carbocycles. The first-order chi connectivity index (χ1) is 16.3. The Morgan fingerprint density at radius 3 is 2.79 bits per heavy atom. The normalized spacial score (nSPS) is 21.8. The van der Waals surface area contributed by atoms with Crippen molar-refractivity contribution in [2.45, 2.75) is 51.4 Å². The van der Waals surface area contributed by atoms with Crippen LogP contribution in [0.15, 0.2) is 30.5 Å². The molecule has 2 aliphatic rings. The lowest BCUT2D eigenvalue weighted by Gasteiger charge is -2.21. The van der Waals surface area contributed by atoms with Gasteiger partial charge in [0.1, 0.15) is 18.0 Å². The van der Waals surface area contributed by atoms with Crippen LogP contribution in [0.3, 0.4) is 0 Å². The van der Waals surface area contributed by atoms with Crippen molar-refractivity contribution in [2.24, 2.45) is 0 Å². The molecule has 1 aliphatic heterocycles. The van der Waals surface area contributed by atoms with Crippen LogP contribution in [0.1, 0.15) is 41.7 Å². The molecule has 2 fully saturated rings. The molecule has 10 heteroatoms. The van der Waals surface area contributed by atoms with E-state index in [1.807, 2.05) is 13.0 Å².